The fraction of sp³-hybridized carbons (Fsp3) is 0.444. The lowest BCUT2D eigenvalue weighted by atomic mass is 10.2. The zero-order chi connectivity index (χ0) is 17.0. The predicted molar refractivity (Wildman–Crippen MR) is 96.3 cm³/mol. The van der Waals surface area contributed by atoms with Gasteiger partial charge in [-0.05, 0) is 30.2 Å². The third kappa shape index (κ3) is 4.26. The Morgan fingerprint density at radius 2 is 1.92 bits per heavy atom. The number of nitrogens with one attached hydrogen (secondary N) is 1. The van der Waals surface area contributed by atoms with Gasteiger partial charge < -0.3 is 4.57 Å². The van der Waals surface area contributed by atoms with Gasteiger partial charge in [0.15, 0.2) is 0 Å². The molecule has 2 aromatic rings. The zero-order valence-electron chi connectivity index (χ0n) is 14.1. The summed E-state index contributed by atoms with van der Waals surface area (Å²) >= 11 is 0. The molecular weight excluding hydrogens is 322 g/mol. The number of sulfonamides is 1. The van der Waals surface area contributed by atoms with Crippen molar-refractivity contribution >= 4 is 10.0 Å². The second kappa shape index (κ2) is 7.51. The van der Waals surface area contributed by atoms with Crippen LogP contribution in [-0.4, -0.2) is 42.8 Å². The average molecular weight is 347 g/mol. The van der Waals surface area contributed by atoms with Crippen LogP contribution in [0.5, 0.6) is 0 Å². The number of nitrogens with zero attached hydrogens (tertiary/aromatic N) is 2. The molecule has 0 unspecified atom stereocenters. The maximum atomic E-state index is 12.1. The summed E-state index contributed by atoms with van der Waals surface area (Å²) in [5, 5.41) is -0.288. The van der Waals surface area contributed by atoms with Crippen LogP contribution in [0.2, 0.25) is 0 Å². The Morgan fingerprint density at radius 3 is 2.67 bits per heavy atom. The van der Waals surface area contributed by atoms with E-state index >= 15 is 0 Å². The van der Waals surface area contributed by atoms with Crippen LogP contribution in [0.3, 0.4) is 0 Å². The Kier molecular flexibility index (Phi) is 5.38. The van der Waals surface area contributed by atoms with Crippen molar-refractivity contribution in [2.45, 2.75) is 31.7 Å². The van der Waals surface area contributed by atoms with Crippen molar-refractivity contribution in [2.75, 3.05) is 19.6 Å². The molecule has 0 saturated carbocycles. The van der Waals surface area contributed by atoms with Crippen LogP contribution >= 0.6 is 0 Å². The molecule has 5 nitrogen and oxygen atoms in total. The largest absolute Gasteiger partial charge is 0.350 e. The summed E-state index contributed by atoms with van der Waals surface area (Å²) in [6.45, 7) is 5.39. The lowest BCUT2D eigenvalue weighted by Gasteiger charge is -2.15. The number of hydrogen-bond donors (Lipinski definition) is 1. The molecule has 0 amide bonds. The lowest BCUT2D eigenvalue weighted by molar-refractivity contribution is 0.331. The summed E-state index contributed by atoms with van der Waals surface area (Å²) in [6.07, 6.45) is 4.95. The molecule has 0 radical (unpaired) electrons. The highest BCUT2D eigenvalue weighted by atomic mass is 32.2. The van der Waals surface area contributed by atoms with Gasteiger partial charge in [0.2, 0.25) is 10.0 Å². The minimum absolute atomic E-state index is 0.288. The van der Waals surface area contributed by atoms with Crippen molar-refractivity contribution in [3.63, 3.8) is 0 Å². The first-order chi connectivity index (χ1) is 11.6. The van der Waals surface area contributed by atoms with E-state index in [-0.39, 0.29) is 5.25 Å². The normalized spacial score (nSPS) is 19.0. The van der Waals surface area contributed by atoms with Gasteiger partial charge in [-0.2, -0.15) is 0 Å². The van der Waals surface area contributed by atoms with Crippen LogP contribution in [0.15, 0.2) is 48.8 Å². The molecule has 1 aromatic carbocycles. The van der Waals surface area contributed by atoms with Crippen LogP contribution < -0.4 is 4.72 Å². The quantitative estimate of drug-likeness (QED) is 0.834. The summed E-state index contributed by atoms with van der Waals surface area (Å²) in [6, 6.07) is 12.5. The highest BCUT2D eigenvalue weighted by Gasteiger charge is 2.32. The van der Waals surface area contributed by atoms with Crippen LogP contribution in [0.4, 0.5) is 0 Å². The van der Waals surface area contributed by atoms with E-state index in [1.807, 2.05) is 13.0 Å². The van der Waals surface area contributed by atoms with Gasteiger partial charge in [0.05, 0.1) is 5.25 Å². The molecule has 1 fully saturated rings. The van der Waals surface area contributed by atoms with E-state index in [1.54, 1.807) is 0 Å². The Labute approximate surface area is 144 Å². The van der Waals surface area contributed by atoms with E-state index in [2.05, 4.69) is 56.9 Å². The van der Waals surface area contributed by atoms with Crippen molar-refractivity contribution in [1.29, 1.82) is 0 Å². The fourth-order valence-electron chi connectivity index (χ4n) is 3.25. The number of likely N-dealkylation sites (tertiary alicyclic amines) is 1. The first-order valence-electron chi connectivity index (χ1n) is 8.46. The first kappa shape index (κ1) is 17.2. The first-order valence-corrected chi connectivity index (χ1v) is 10.0. The Balaban J connectivity index is 1.56. The smallest absolute Gasteiger partial charge is 0.215 e. The molecule has 1 aromatic heterocycles. The summed E-state index contributed by atoms with van der Waals surface area (Å²) in [5.74, 6) is 0. The van der Waals surface area contributed by atoms with E-state index in [9.17, 15) is 8.42 Å². The van der Waals surface area contributed by atoms with E-state index in [4.69, 9.17) is 0 Å². The molecule has 0 aliphatic carbocycles. The van der Waals surface area contributed by atoms with Gasteiger partial charge in [-0.1, -0.05) is 37.3 Å². The molecule has 2 heterocycles. The van der Waals surface area contributed by atoms with Crippen molar-refractivity contribution in [1.82, 2.24) is 14.2 Å². The monoisotopic (exact) mass is 347 g/mol. The van der Waals surface area contributed by atoms with E-state index < -0.39 is 10.0 Å². The predicted octanol–water partition coefficient (Wildman–Crippen LogP) is 2.05. The highest BCUT2D eigenvalue weighted by Crippen LogP contribution is 2.19. The molecule has 0 bridgehead atoms. The van der Waals surface area contributed by atoms with Crippen LogP contribution in [0.1, 0.15) is 24.5 Å². The molecule has 1 saturated heterocycles. The van der Waals surface area contributed by atoms with E-state index in [1.165, 1.54) is 11.1 Å². The van der Waals surface area contributed by atoms with Crippen molar-refractivity contribution in [2.24, 2.45) is 0 Å². The third-order valence-corrected chi connectivity index (χ3v) is 6.39. The highest BCUT2D eigenvalue weighted by molar-refractivity contribution is 7.90. The summed E-state index contributed by atoms with van der Waals surface area (Å²) < 4.78 is 29.0. The van der Waals surface area contributed by atoms with Gasteiger partial charge in [0.1, 0.15) is 0 Å². The van der Waals surface area contributed by atoms with Gasteiger partial charge in [-0.25, -0.2) is 13.1 Å². The second-order valence-electron chi connectivity index (χ2n) is 6.37. The number of hydrogen-bond acceptors (Lipinski definition) is 3. The molecule has 24 heavy (non-hydrogen) atoms. The van der Waals surface area contributed by atoms with Gasteiger partial charge in [-0.15, -0.1) is 0 Å². The summed E-state index contributed by atoms with van der Waals surface area (Å²) in [4.78, 5) is 2.22. The van der Waals surface area contributed by atoms with Gasteiger partial charge in [0.25, 0.3) is 0 Å². The van der Waals surface area contributed by atoms with E-state index in [0.29, 0.717) is 19.5 Å². The summed E-state index contributed by atoms with van der Waals surface area (Å²) in [5.41, 5.74) is 2.50. The topological polar surface area (TPSA) is 54.3 Å². The summed E-state index contributed by atoms with van der Waals surface area (Å²) in [7, 11) is -3.17. The van der Waals surface area contributed by atoms with Gasteiger partial charge in [-0.3, -0.25) is 4.90 Å². The standard InChI is InChI=1S/C18H25N3O2S/c1-2-19-24(22,23)18-9-11-21(15-18)14-17-8-10-20(13-17)12-16-6-4-3-5-7-16/h3-8,10,13,18-19H,2,9,11-12,14-15H2,1H3/t18-/m0/s1. The molecule has 0 spiro atoms. The maximum absolute atomic E-state index is 12.1. The molecule has 1 aliphatic heterocycles. The minimum atomic E-state index is -3.17. The van der Waals surface area contributed by atoms with Crippen molar-refractivity contribution < 1.29 is 8.42 Å². The molecular formula is C18H25N3O2S. The van der Waals surface area contributed by atoms with Crippen LogP contribution in [0.25, 0.3) is 0 Å². The molecule has 3 rings (SSSR count). The molecule has 6 heteroatoms. The molecule has 1 atom stereocenters. The van der Waals surface area contributed by atoms with E-state index in [0.717, 1.165) is 19.6 Å². The SMILES string of the molecule is CCNS(=O)(=O)[C@H]1CCN(Cc2ccn(Cc3ccccc3)c2)C1. The Hall–Kier alpha value is -1.63. The Morgan fingerprint density at radius 1 is 1.12 bits per heavy atom. The molecule has 1 N–H and O–H groups in total. The number of aromatic nitrogens is 1. The molecule has 130 valence electrons. The van der Waals surface area contributed by atoms with Gasteiger partial charge >= 0.3 is 0 Å². The molecule has 1 aliphatic rings. The Bertz CT molecular complexity index is 756. The van der Waals surface area contributed by atoms with Crippen LogP contribution in [0, 0.1) is 0 Å². The number of rotatable bonds is 7. The third-order valence-electron chi connectivity index (χ3n) is 4.44. The van der Waals surface area contributed by atoms with Gasteiger partial charge in [0, 0.05) is 38.6 Å². The minimum Gasteiger partial charge on any atom is -0.350 e. The maximum Gasteiger partial charge on any atom is 0.215 e. The number of benzene rings is 1. The average Bonchev–Trinajstić information content (AvgIpc) is 3.19. The van der Waals surface area contributed by atoms with Crippen LogP contribution in [-0.2, 0) is 23.1 Å². The van der Waals surface area contributed by atoms with Crippen molar-refractivity contribution in [3.8, 4) is 0 Å². The fourth-order valence-corrected chi connectivity index (χ4v) is 4.71. The second-order valence-corrected chi connectivity index (χ2v) is 8.41. The lowest BCUT2D eigenvalue weighted by Crippen LogP contribution is -2.36. The zero-order valence-corrected chi connectivity index (χ0v) is 14.9. The van der Waals surface area contributed by atoms with Crippen molar-refractivity contribution in [3.05, 3.63) is 59.9 Å².